The number of halogens is 2. The van der Waals surface area contributed by atoms with Crippen LogP contribution in [0.4, 0.5) is 0 Å². The average Bonchev–Trinajstić information content (AvgIpc) is 4.35. The summed E-state index contributed by atoms with van der Waals surface area (Å²) in [5.41, 5.74) is 11.5. The van der Waals surface area contributed by atoms with Crippen LogP contribution >= 0.6 is 61.3 Å². The van der Waals surface area contributed by atoms with Gasteiger partial charge in [0.15, 0.2) is 30.0 Å². The second kappa shape index (κ2) is 25.2. The minimum Gasteiger partial charge on any atom is -1.00 e. The topological polar surface area (TPSA) is 248 Å². The van der Waals surface area contributed by atoms with Crippen molar-refractivity contribution in [3.8, 4) is 64.5 Å². The molecule has 12 rings (SSSR count). The molecule has 0 aromatic carbocycles. The molecule has 0 saturated carbocycles. The first-order chi connectivity index (χ1) is 38.2. The van der Waals surface area contributed by atoms with Gasteiger partial charge < -0.3 is 26.7 Å². The largest absolute Gasteiger partial charge is 1.00 e. The molecule has 0 N–H and O–H groups in total. The maximum atomic E-state index is 12.4. The van der Waals surface area contributed by atoms with Crippen molar-refractivity contribution < 1.29 is 69.2 Å². The third kappa shape index (κ3) is 12.5. The zero-order valence-corrected chi connectivity index (χ0v) is 49.3. The van der Waals surface area contributed by atoms with E-state index in [0.29, 0.717) is 43.4 Å². The highest BCUT2D eigenvalue weighted by Gasteiger charge is 2.34. The number of hydrogen-bond donors (Lipinski definition) is 0. The number of hydroxylamine groups is 4. The van der Waals surface area contributed by atoms with E-state index in [4.69, 9.17) is 24.1 Å². The van der Waals surface area contributed by atoms with Gasteiger partial charge in [-0.05, 0) is 125 Å². The molecule has 0 aliphatic carbocycles. The van der Waals surface area contributed by atoms with Crippen molar-refractivity contribution in [3.05, 3.63) is 117 Å². The number of thiophene rings is 4. The minimum absolute atomic E-state index is 0. The number of nitrogens with zero attached hydrogens (tertiary/aromatic N) is 10. The first-order valence-electron chi connectivity index (χ1n) is 24.4. The van der Waals surface area contributed by atoms with Gasteiger partial charge in [-0.15, -0.1) is 55.5 Å². The molecule has 0 atom stereocenters. The van der Waals surface area contributed by atoms with Crippen molar-refractivity contribution in [2.45, 2.75) is 72.8 Å². The van der Waals surface area contributed by atoms with Crippen LogP contribution in [-0.4, -0.2) is 86.6 Å². The van der Waals surface area contributed by atoms with E-state index in [9.17, 15) is 28.8 Å². The molecule has 10 aromatic heterocycles. The van der Waals surface area contributed by atoms with Crippen LogP contribution in [0.25, 0.3) is 86.6 Å². The molecule has 2 fully saturated rings. The molecule has 26 heteroatoms. The van der Waals surface area contributed by atoms with Gasteiger partial charge in [0.1, 0.15) is 28.8 Å². The number of imide groups is 2. The number of aryl methyl sites for hydroxylation is 5. The van der Waals surface area contributed by atoms with E-state index in [1.807, 2.05) is 73.4 Å². The molecular formula is C54H44Br2N10O10S4. The van der Waals surface area contributed by atoms with Gasteiger partial charge in [-0.2, -0.15) is 0 Å². The lowest BCUT2D eigenvalue weighted by Crippen LogP contribution is -3.00. The quantitative estimate of drug-likeness (QED) is 0.0607. The van der Waals surface area contributed by atoms with Crippen LogP contribution in [0.3, 0.4) is 0 Å². The minimum atomic E-state index is -0.658. The van der Waals surface area contributed by atoms with Gasteiger partial charge in [-0.3, -0.25) is 24.2 Å². The summed E-state index contributed by atoms with van der Waals surface area (Å²) in [6.07, 6.45) is 7.79. The number of rotatable bonds is 13. The van der Waals surface area contributed by atoms with Crippen LogP contribution in [0.2, 0.25) is 0 Å². The lowest BCUT2D eigenvalue weighted by Gasteiger charge is -2.12. The fourth-order valence-corrected chi connectivity index (χ4v) is 12.3. The van der Waals surface area contributed by atoms with Crippen molar-refractivity contribution in [1.29, 1.82) is 0 Å². The average molecular weight is 1280 g/mol. The van der Waals surface area contributed by atoms with E-state index in [2.05, 4.69) is 95.3 Å². The summed E-state index contributed by atoms with van der Waals surface area (Å²) in [6, 6.07) is 20.2. The van der Waals surface area contributed by atoms with Crippen molar-refractivity contribution in [3.63, 3.8) is 0 Å². The molecular weight excluding hydrogens is 1240 g/mol. The van der Waals surface area contributed by atoms with E-state index >= 15 is 0 Å². The number of aromatic nitrogens is 8. The molecule has 2 aliphatic rings. The molecule has 2 aliphatic heterocycles. The monoisotopic (exact) mass is 1280 g/mol. The summed E-state index contributed by atoms with van der Waals surface area (Å²) in [7, 11) is 0. The van der Waals surface area contributed by atoms with Crippen LogP contribution in [0.15, 0.2) is 105 Å². The molecule has 0 bridgehead atoms. The predicted octanol–water partition coefficient (Wildman–Crippen LogP) is 7.78. The third-order valence-corrected chi connectivity index (χ3v) is 16.6. The number of fused-ring (bicyclic) bond motifs is 2. The predicted molar refractivity (Wildman–Crippen MR) is 298 cm³/mol. The molecule has 408 valence electrons. The standard InChI is InChI=1S/C27H22N5O5S2.C20H14N4OS2.C7H8BrNO4.BrH/c1-15-12-19(38-14-15)23-24(28-25(18-6-5-16(2)39-18)27-26(23)29-37-30-27)17-4-3-10-31(13-17)11-9-22(35)36-32-20(33)7-8-21(32)34;1-11-8-15(26-10-11)16-17(13-4-3-7-21-9-13)22-18(14-6-5-12(2)27-14)20-19(16)23-25-24-20;8-4-3-7(12)13-9-5(10)1-2-6(9)11;/h3-6,10,12-14H,7-9,11H2,1-2H3;3-10H,1-2H3;1-4H2;1H/q+1;;;/p-1. The van der Waals surface area contributed by atoms with E-state index < -0.39 is 35.6 Å². The van der Waals surface area contributed by atoms with E-state index in [0.717, 1.165) is 69.1 Å². The number of carbonyl (C=O) groups is 6. The highest BCUT2D eigenvalue weighted by Crippen LogP contribution is 2.44. The maximum absolute atomic E-state index is 12.4. The highest BCUT2D eigenvalue weighted by atomic mass is 79.9. The number of alkyl halides is 1. The molecule has 2 saturated heterocycles. The lowest BCUT2D eigenvalue weighted by molar-refractivity contribution is -0.695. The van der Waals surface area contributed by atoms with Crippen LogP contribution in [0, 0.1) is 27.7 Å². The summed E-state index contributed by atoms with van der Waals surface area (Å²) in [6.45, 7) is 8.51. The van der Waals surface area contributed by atoms with Gasteiger partial charge in [0.05, 0.1) is 33.1 Å². The second-order valence-corrected chi connectivity index (χ2v) is 23.1. The normalized spacial score (nSPS) is 13.1. The molecule has 0 spiro atoms. The Hall–Kier alpha value is -7.62. The molecule has 0 unspecified atom stereocenters. The Morgan fingerprint density at radius 3 is 1.52 bits per heavy atom. The van der Waals surface area contributed by atoms with E-state index in [1.165, 1.54) is 10.4 Å². The number of amides is 4. The SMILES string of the molecule is Cc1csc(-c2c(-c3ccc[n+](CCC(=O)ON4C(=O)CCC4=O)c3)nc(-c3ccc(C)s3)c3nonc23)c1.Cc1csc(-c2c(-c3cccnc3)nc(-c3ccc(C)s3)c3nonc23)c1.O=C(CCBr)ON1C(=O)CCC1=O.[Br-]. The van der Waals surface area contributed by atoms with E-state index in [1.54, 1.807) is 51.5 Å². The molecule has 80 heavy (non-hydrogen) atoms. The van der Waals surface area contributed by atoms with Crippen LogP contribution in [0.5, 0.6) is 0 Å². The number of carbonyl (C=O) groups excluding carboxylic acids is 6. The highest BCUT2D eigenvalue weighted by molar-refractivity contribution is 9.09. The molecule has 20 nitrogen and oxygen atoms in total. The van der Waals surface area contributed by atoms with Gasteiger partial charge in [0, 0.05) is 85.7 Å². The second-order valence-electron chi connectivity index (χ2n) is 17.9. The fraction of sp³-hybridized carbons (Fsp3) is 0.222. The van der Waals surface area contributed by atoms with Crippen molar-refractivity contribution in [2.24, 2.45) is 0 Å². The summed E-state index contributed by atoms with van der Waals surface area (Å²) in [4.78, 5) is 99.1. The maximum Gasteiger partial charge on any atom is 0.339 e. The van der Waals surface area contributed by atoms with Crippen LogP contribution < -0.4 is 21.5 Å². The van der Waals surface area contributed by atoms with E-state index in [-0.39, 0.29) is 62.1 Å². The first-order valence-corrected chi connectivity index (χ1v) is 28.9. The smallest absolute Gasteiger partial charge is 0.339 e. The van der Waals surface area contributed by atoms with Gasteiger partial charge in [0.25, 0.3) is 23.6 Å². The van der Waals surface area contributed by atoms with Gasteiger partial charge in [-0.1, -0.05) is 15.9 Å². The Balaban J connectivity index is 0.000000163. The first kappa shape index (κ1) is 57.1. The van der Waals surface area contributed by atoms with Gasteiger partial charge in [-0.25, -0.2) is 33.4 Å². The third-order valence-electron chi connectivity index (χ3n) is 12.1. The van der Waals surface area contributed by atoms with Gasteiger partial charge >= 0.3 is 11.9 Å². The van der Waals surface area contributed by atoms with Gasteiger partial charge in [0.2, 0.25) is 0 Å². The summed E-state index contributed by atoms with van der Waals surface area (Å²) < 4.78 is 12.2. The van der Waals surface area contributed by atoms with Crippen molar-refractivity contribution in [1.82, 2.24) is 45.7 Å². The van der Waals surface area contributed by atoms with Crippen LogP contribution in [-0.2, 0) is 45.0 Å². The lowest BCUT2D eigenvalue weighted by atomic mass is 10.0. The van der Waals surface area contributed by atoms with Crippen molar-refractivity contribution >= 4 is 119 Å². The zero-order valence-electron chi connectivity index (χ0n) is 42.8. The zero-order chi connectivity index (χ0) is 55.3. The number of pyridine rings is 4. The Bertz CT molecular complexity index is 3930. The summed E-state index contributed by atoms with van der Waals surface area (Å²) >= 11 is 9.61. The summed E-state index contributed by atoms with van der Waals surface area (Å²) in [5, 5.41) is 22.7. The number of hydrogen-bond acceptors (Lipinski definition) is 21. The molecule has 12 heterocycles. The summed E-state index contributed by atoms with van der Waals surface area (Å²) in [5.74, 6) is -3.14. The van der Waals surface area contributed by atoms with Crippen molar-refractivity contribution in [2.75, 3.05) is 5.33 Å². The van der Waals surface area contributed by atoms with Crippen LogP contribution in [0.1, 0.15) is 59.4 Å². The Labute approximate surface area is 490 Å². The Kier molecular flexibility index (Phi) is 18.0. The Morgan fingerprint density at radius 1 is 0.613 bits per heavy atom. The molecule has 4 amide bonds. The Morgan fingerprint density at radius 2 is 1.09 bits per heavy atom. The molecule has 10 aromatic rings. The fourth-order valence-electron chi connectivity index (χ4n) is 8.37. The molecule has 0 radical (unpaired) electrons.